The summed E-state index contributed by atoms with van der Waals surface area (Å²) in [5, 5.41) is 18.9. The molecule has 9 rings (SSSR count). The molecule has 0 unspecified atom stereocenters. The van der Waals surface area contributed by atoms with Gasteiger partial charge in [0, 0.05) is 11.1 Å². The molecule has 4 heterocycles. The minimum absolute atomic E-state index is 0.456. The molecule has 2 aromatic heterocycles. The van der Waals surface area contributed by atoms with Crippen LogP contribution in [0.3, 0.4) is 0 Å². The van der Waals surface area contributed by atoms with Crippen LogP contribution < -0.4 is 10.9 Å². The standard InChI is InChI=1S/C52H54B2N6O4/c1-49(2)50(3,4)62-53(61-49)45-25-17-15-23-41(45)33-59-35-47(55-57-59)43-31-40(30-28-38-21-13-10-14-22-38)44(32-39(43)29-27-37-19-11-9-12-20-37)48-36-60(58-56-48)34-42-24-16-18-26-46(42)54-63-51(5,6)52(7,8)64-54/h9-32,35-36H,33-34H2,1-8H3/b29-27+,30-28+. The van der Waals surface area contributed by atoms with Gasteiger partial charge in [-0.1, -0.05) is 144 Å². The van der Waals surface area contributed by atoms with Crippen LogP contribution in [-0.2, 0) is 31.7 Å². The number of aromatic nitrogens is 6. The Kier molecular flexibility index (Phi) is 11.5. The molecule has 2 fully saturated rings. The van der Waals surface area contributed by atoms with Gasteiger partial charge in [0.05, 0.1) is 47.9 Å². The second kappa shape index (κ2) is 17.1. The lowest BCUT2D eigenvalue weighted by atomic mass is 9.76. The molecule has 2 aliphatic heterocycles. The monoisotopic (exact) mass is 848 g/mol. The van der Waals surface area contributed by atoms with E-state index in [4.69, 9.17) is 28.8 Å². The van der Waals surface area contributed by atoms with Gasteiger partial charge in [0.15, 0.2) is 0 Å². The van der Waals surface area contributed by atoms with E-state index in [1.807, 2.05) is 82.4 Å². The lowest BCUT2D eigenvalue weighted by molar-refractivity contribution is 0.00578. The molecular formula is C52H54B2N6O4. The van der Waals surface area contributed by atoms with Crippen LogP contribution in [0, 0.1) is 0 Å². The third-order valence-corrected chi connectivity index (χ3v) is 13.1. The quantitative estimate of drug-likeness (QED) is 0.0888. The molecule has 7 aromatic rings. The highest BCUT2D eigenvalue weighted by molar-refractivity contribution is 6.63. The summed E-state index contributed by atoms with van der Waals surface area (Å²) in [5.41, 5.74) is 9.65. The SMILES string of the molecule is CC1(C)OB(c2ccccc2Cn2cc(-c3cc(/C=C/c4ccccc4)c(-c4cn(Cc5ccccc5B5OC(C)(C)C(C)(C)O5)nn4)cc3/C=C/c3ccccc3)nn2)OC1(C)C. The zero-order valence-electron chi connectivity index (χ0n) is 37.9. The van der Waals surface area contributed by atoms with Crippen molar-refractivity contribution in [2.24, 2.45) is 0 Å². The van der Waals surface area contributed by atoms with E-state index in [0.717, 1.165) is 66.8 Å². The van der Waals surface area contributed by atoms with Crippen LogP contribution >= 0.6 is 0 Å². The summed E-state index contributed by atoms with van der Waals surface area (Å²) >= 11 is 0. The molecular weight excluding hydrogens is 794 g/mol. The second-order valence-corrected chi connectivity index (χ2v) is 18.7. The van der Waals surface area contributed by atoms with Crippen molar-refractivity contribution in [2.45, 2.75) is 90.9 Å². The van der Waals surface area contributed by atoms with E-state index in [9.17, 15) is 0 Å². The maximum atomic E-state index is 6.47. The van der Waals surface area contributed by atoms with Crippen LogP contribution in [0.2, 0.25) is 0 Å². The van der Waals surface area contributed by atoms with Crippen molar-refractivity contribution in [3.8, 4) is 22.5 Å². The van der Waals surface area contributed by atoms with E-state index in [1.165, 1.54) is 0 Å². The Morgan fingerprint density at radius 1 is 0.453 bits per heavy atom. The van der Waals surface area contributed by atoms with E-state index in [0.29, 0.717) is 13.1 Å². The number of hydrogen-bond acceptors (Lipinski definition) is 8. The van der Waals surface area contributed by atoms with Gasteiger partial charge in [0.25, 0.3) is 0 Å². The molecule has 0 bridgehead atoms. The lowest BCUT2D eigenvalue weighted by Gasteiger charge is -2.32. The fourth-order valence-corrected chi connectivity index (χ4v) is 7.96. The Morgan fingerprint density at radius 3 is 1.17 bits per heavy atom. The second-order valence-electron chi connectivity index (χ2n) is 18.7. The zero-order chi connectivity index (χ0) is 44.7. The van der Waals surface area contributed by atoms with E-state index in [1.54, 1.807) is 0 Å². The van der Waals surface area contributed by atoms with Crippen molar-refractivity contribution < 1.29 is 18.6 Å². The maximum Gasteiger partial charge on any atom is 0.495 e. The van der Waals surface area contributed by atoms with Gasteiger partial charge in [0.1, 0.15) is 11.4 Å². The maximum absolute atomic E-state index is 6.47. The highest BCUT2D eigenvalue weighted by atomic mass is 16.7. The third-order valence-electron chi connectivity index (χ3n) is 13.1. The van der Waals surface area contributed by atoms with Crippen LogP contribution in [0.15, 0.2) is 134 Å². The summed E-state index contributed by atoms with van der Waals surface area (Å²) in [6.07, 6.45) is 12.5. The Labute approximate surface area is 377 Å². The van der Waals surface area contributed by atoms with Gasteiger partial charge in [0.2, 0.25) is 0 Å². The Hall–Kier alpha value is -6.17. The molecule has 322 valence electrons. The van der Waals surface area contributed by atoms with Crippen molar-refractivity contribution in [2.75, 3.05) is 0 Å². The van der Waals surface area contributed by atoms with Gasteiger partial charge in [-0.05, 0) is 112 Å². The summed E-state index contributed by atoms with van der Waals surface area (Å²) in [6, 6.07) is 41.4. The van der Waals surface area contributed by atoms with Gasteiger partial charge < -0.3 is 18.6 Å². The molecule has 0 atom stereocenters. The number of benzene rings is 5. The van der Waals surface area contributed by atoms with E-state index < -0.39 is 36.6 Å². The first-order valence-corrected chi connectivity index (χ1v) is 22.0. The van der Waals surface area contributed by atoms with Crippen molar-refractivity contribution in [3.63, 3.8) is 0 Å². The first-order chi connectivity index (χ1) is 30.6. The van der Waals surface area contributed by atoms with E-state index >= 15 is 0 Å². The summed E-state index contributed by atoms with van der Waals surface area (Å²) < 4.78 is 29.6. The Bertz CT molecular complexity index is 2610. The van der Waals surface area contributed by atoms with Crippen molar-refractivity contribution in [1.82, 2.24) is 30.0 Å². The normalized spacial score (nSPS) is 17.6. The molecule has 0 N–H and O–H groups in total. The number of hydrogen-bond donors (Lipinski definition) is 0. The fourth-order valence-electron chi connectivity index (χ4n) is 7.96. The smallest absolute Gasteiger partial charge is 0.399 e. The van der Waals surface area contributed by atoms with Gasteiger partial charge in [-0.2, -0.15) is 0 Å². The summed E-state index contributed by atoms with van der Waals surface area (Å²) in [5.74, 6) is 0. The van der Waals surface area contributed by atoms with Crippen LogP contribution in [0.1, 0.15) is 88.8 Å². The molecule has 12 heteroatoms. The largest absolute Gasteiger partial charge is 0.495 e. The van der Waals surface area contributed by atoms with Crippen molar-refractivity contribution >= 4 is 49.5 Å². The predicted octanol–water partition coefficient (Wildman–Crippen LogP) is 9.24. The van der Waals surface area contributed by atoms with E-state index in [-0.39, 0.29) is 0 Å². The Balaban J connectivity index is 1.09. The predicted molar refractivity (Wildman–Crippen MR) is 258 cm³/mol. The molecule has 0 saturated carbocycles. The average Bonchev–Trinajstić information content (AvgIpc) is 4.04. The third kappa shape index (κ3) is 8.84. The first kappa shape index (κ1) is 43.1. The molecule has 0 amide bonds. The first-order valence-electron chi connectivity index (χ1n) is 22.0. The highest BCUT2D eigenvalue weighted by Gasteiger charge is 2.53. The zero-order valence-corrected chi connectivity index (χ0v) is 37.9. The number of rotatable bonds is 12. The molecule has 10 nitrogen and oxygen atoms in total. The summed E-state index contributed by atoms with van der Waals surface area (Å²) in [7, 11) is -0.985. The minimum Gasteiger partial charge on any atom is -0.399 e. The molecule has 64 heavy (non-hydrogen) atoms. The number of nitrogens with zero attached hydrogens (tertiary/aromatic N) is 6. The topological polar surface area (TPSA) is 98.3 Å². The van der Waals surface area contributed by atoms with Crippen molar-refractivity contribution in [1.29, 1.82) is 0 Å². The molecule has 0 radical (unpaired) electrons. The lowest BCUT2D eigenvalue weighted by Crippen LogP contribution is -2.41. The van der Waals surface area contributed by atoms with Gasteiger partial charge in [-0.15, -0.1) is 10.2 Å². The average molecular weight is 849 g/mol. The molecule has 2 saturated heterocycles. The summed E-state index contributed by atoms with van der Waals surface area (Å²) in [6.45, 7) is 17.6. The Morgan fingerprint density at radius 2 is 0.797 bits per heavy atom. The van der Waals surface area contributed by atoms with Gasteiger partial charge >= 0.3 is 14.2 Å². The van der Waals surface area contributed by atoms with Gasteiger partial charge in [-0.25, -0.2) is 9.36 Å². The van der Waals surface area contributed by atoms with Gasteiger partial charge in [-0.3, -0.25) is 0 Å². The fraction of sp³-hybridized carbons (Fsp3) is 0.269. The molecule has 0 aliphatic carbocycles. The van der Waals surface area contributed by atoms with Crippen LogP contribution in [0.25, 0.3) is 46.8 Å². The van der Waals surface area contributed by atoms with Crippen molar-refractivity contribution in [3.05, 3.63) is 167 Å². The molecule has 2 aliphatic rings. The minimum atomic E-state index is -0.492. The van der Waals surface area contributed by atoms with Crippen LogP contribution in [-0.4, -0.2) is 66.6 Å². The van der Waals surface area contributed by atoms with E-state index in [2.05, 4.69) is 151 Å². The highest BCUT2D eigenvalue weighted by Crippen LogP contribution is 2.38. The molecule has 0 spiro atoms. The molecule has 5 aromatic carbocycles. The summed E-state index contributed by atoms with van der Waals surface area (Å²) in [4.78, 5) is 0. The van der Waals surface area contributed by atoms with Crippen LogP contribution in [0.5, 0.6) is 0 Å². The van der Waals surface area contributed by atoms with Crippen LogP contribution in [0.4, 0.5) is 0 Å².